The fraction of sp³-hybridized carbons (Fsp3) is 0.435. The number of benzene rings is 2. The number of carbonyl (C=O) groups excluding carboxylic acids is 1. The molecule has 2 atom stereocenters. The van der Waals surface area contributed by atoms with Crippen LogP contribution in [0.1, 0.15) is 26.3 Å². The van der Waals surface area contributed by atoms with E-state index in [0.717, 1.165) is 12.0 Å². The molecule has 2 aromatic carbocycles. The van der Waals surface area contributed by atoms with Crippen molar-refractivity contribution in [2.75, 3.05) is 30.3 Å². The van der Waals surface area contributed by atoms with E-state index in [1.54, 1.807) is 12.1 Å². The van der Waals surface area contributed by atoms with Gasteiger partial charge in [-0.2, -0.15) is 0 Å². The van der Waals surface area contributed by atoms with Gasteiger partial charge in [-0.15, -0.1) is 0 Å². The van der Waals surface area contributed by atoms with E-state index in [1.807, 2.05) is 32.9 Å². The summed E-state index contributed by atoms with van der Waals surface area (Å²) in [7, 11) is -7.34. The van der Waals surface area contributed by atoms with Crippen LogP contribution in [-0.4, -0.2) is 50.8 Å². The van der Waals surface area contributed by atoms with Crippen molar-refractivity contribution in [1.82, 2.24) is 5.32 Å². The zero-order valence-corrected chi connectivity index (χ0v) is 21.4. The molecule has 186 valence electrons. The maximum atomic E-state index is 13.7. The lowest BCUT2D eigenvalue weighted by atomic mass is 10.1. The van der Waals surface area contributed by atoms with E-state index in [-0.39, 0.29) is 41.2 Å². The lowest BCUT2D eigenvalue weighted by Gasteiger charge is -2.27. The molecule has 2 N–H and O–H groups in total. The van der Waals surface area contributed by atoms with Gasteiger partial charge < -0.3 is 14.8 Å². The Morgan fingerprint density at radius 3 is 2.38 bits per heavy atom. The molecule has 2 unspecified atom stereocenters. The van der Waals surface area contributed by atoms with Crippen molar-refractivity contribution >= 4 is 31.5 Å². The SMILES string of the molecule is CCc1ccc(N(CC(C)C)S(=O)(=O)c2ccc(OCC3CNC(=O)O3)c(S(C)(=N)=O)c2)cc1. The van der Waals surface area contributed by atoms with E-state index in [0.29, 0.717) is 5.69 Å². The average molecular weight is 510 g/mol. The fourth-order valence-corrected chi connectivity index (χ4v) is 6.07. The molecule has 1 aliphatic heterocycles. The Morgan fingerprint density at radius 1 is 1.18 bits per heavy atom. The second kappa shape index (κ2) is 10.2. The van der Waals surface area contributed by atoms with E-state index in [4.69, 9.17) is 14.3 Å². The summed E-state index contributed by atoms with van der Waals surface area (Å²) >= 11 is 0. The second-order valence-corrected chi connectivity index (χ2v) is 12.6. The Labute approximate surface area is 201 Å². The number of hydrogen-bond donors (Lipinski definition) is 2. The minimum absolute atomic E-state index is 0.0173. The number of carbonyl (C=O) groups is 1. The molecule has 0 bridgehead atoms. The number of ether oxygens (including phenoxy) is 2. The lowest BCUT2D eigenvalue weighted by molar-refractivity contribution is 0.103. The molecule has 1 fully saturated rings. The van der Waals surface area contributed by atoms with Crippen LogP contribution >= 0.6 is 0 Å². The second-order valence-electron chi connectivity index (χ2n) is 8.62. The Morgan fingerprint density at radius 2 is 1.85 bits per heavy atom. The zero-order valence-electron chi connectivity index (χ0n) is 19.7. The highest BCUT2D eigenvalue weighted by Crippen LogP contribution is 2.31. The molecule has 34 heavy (non-hydrogen) atoms. The first-order chi connectivity index (χ1) is 15.9. The molecule has 11 heteroatoms. The minimum Gasteiger partial charge on any atom is -0.488 e. The van der Waals surface area contributed by atoms with Gasteiger partial charge in [-0.25, -0.2) is 22.2 Å². The number of aryl methyl sites for hydroxylation is 1. The van der Waals surface area contributed by atoms with Crippen molar-refractivity contribution in [3.63, 3.8) is 0 Å². The van der Waals surface area contributed by atoms with Crippen molar-refractivity contribution in [2.24, 2.45) is 5.92 Å². The minimum atomic E-state index is -4.02. The van der Waals surface area contributed by atoms with Gasteiger partial charge in [-0.05, 0) is 48.2 Å². The lowest BCUT2D eigenvalue weighted by Crippen LogP contribution is -2.34. The van der Waals surface area contributed by atoms with E-state index in [1.165, 1.54) is 28.8 Å². The number of alkyl carbamates (subject to hydrolysis) is 1. The van der Waals surface area contributed by atoms with Crippen molar-refractivity contribution in [3.05, 3.63) is 48.0 Å². The number of rotatable bonds is 10. The predicted molar refractivity (Wildman–Crippen MR) is 130 cm³/mol. The van der Waals surface area contributed by atoms with Crippen molar-refractivity contribution in [1.29, 1.82) is 4.78 Å². The number of sulfonamides is 1. The molecule has 1 heterocycles. The van der Waals surface area contributed by atoms with Crippen LogP contribution in [0.4, 0.5) is 10.5 Å². The molecule has 0 aliphatic carbocycles. The number of cyclic esters (lactones) is 1. The Kier molecular flexibility index (Phi) is 7.77. The van der Waals surface area contributed by atoms with Crippen LogP contribution in [0.2, 0.25) is 0 Å². The van der Waals surface area contributed by atoms with Crippen LogP contribution < -0.4 is 14.4 Å². The third kappa shape index (κ3) is 6.01. The third-order valence-electron chi connectivity index (χ3n) is 5.26. The van der Waals surface area contributed by atoms with Gasteiger partial charge in [-0.1, -0.05) is 32.9 Å². The van der Waals surface area contributed by atoms with E-state index in [9.17, 15) is 17.4 Å². The summed E-state index contributed by atoms with van der Waals surface area (Å²) < 4.78 is 60.2. The van der Waals surface area contributed by atoms with E-state index >= 15 is 0 Å². The summed E-state index contributed by atoms with van der Waals surface area (Å²) in [5.41, 5.74) is 1.63. The fourth-order valence-electron chi connectivity index (χ4n) is 3.48. The molecule has 1 amide bonds. The summed E-state index contributed by atoms with van der Waals surface area (Å²) in [6.07, 6.45) is 0.965. The van der Waals surface area contributed by atoms with Gasteiger partial charge in [0.2, 0.25) is 0 Å². The quantitative estimate of drug-likeness (QED) is 0.504. The normalized spacial score (nSPS) is 17.7. The molecular weight excluding hydrogens is 478 g/mol. The van der Waals surface area contributed by atoms with Crippen LogP contribution in [0.25, 0.3) is 0 Å². The highest BCUT2D eigenvalue weighted by atomic mass is 32.2. The summed E-state index contributed by atoms with van der Waals surface area (Å²) in [6, 6.07) is 11.4. The smallest absolute Gasteiger partial charge is 0.407 e. The van der Waals surface area contributed by atoms with Crippen molar-refractivity contribution in [3.8, 4) is 5.75 Å². The van der Waals surface area contributed by atoms with Crippen LogP contribution in [0.15, 0.2) is 52.3 Å². The predicted octanol–water partition coefficient (Wildman–Crippen LogP) is 3.62. The van der Waals surface area contributed by atoms with Gasteiger partial charge >= 0.3 is 6.09 Å². The summed E-state index contributed by atoms with van der Waals surface area (Å²) in [6.45, 7) is 6.39. The molecule has 0 radical (unpaired) electrons. The summed E-state index contributed by atoms with van der Waals surface area (Å²) in [4.78, 5) is 11.1. The first kappa shape index (κ1) is 25.8. The summed E-state index contributed by atoms with van der Waals surface area (Å²) in [5, 5.41) is 2.51. The topological polar surface area (TPSA) is 126 Å². The van der Waals surface area contributed by atoms with E-state index in [2.05, 4.69) is 5.32 Å². The standard InChI is InChI=1S/C23H31N3O6S2/c1-5-17-6-8-18(9-7-17)26(14-16(2)3)34(29,30)20-10-11-21(22(12-20)33(4,24)28)31-15-19-13-25-23(27)32-19/h6-12,16,19,24H,5,13-15H2,1-4H3,(H,25,27). The van der Waals surface area contributed by atoms with Gasteiger partial charge in [0.1, 0.15) is 12.4 Å². The van der Waals surface area contributed by atoms with Crippen LogP contribution in [0.3, 0.4) is 0 Å². The first-order valence-corrected chi connectivity index (χ1v) is 14.4. The highest BCUT2D eigenvalue weighted by Gasteiger charge is 2.29. The number of nitrogens with zero attached hydrogens (tertiary/aromatic N) is 1. The Bertz CT molecular complexity index is 1240. The van der Waals surface area contributed by atoms with Gasteiger partial charge in [-0.3, -0.25) is 4.31 Å². The summed E-state index contributed by atoms with van der Waals surface area (Å²) in [5.74, 6) is 0.170. The molecule has 1 aliphatic rings. The van der Waals surface area contributed by atoms with Gasteiger partial charge in [0.15, 0.2) is 6.10 Å². The Hall–Kier alpha value is -2.79. The monoisotopic (exact) mass is 509 g/mol. The molecule has 2 aromatic rings. The van der Waals surface area contributed by atoms with E-state index < -0.39 is 31.9 Å². The third-order valence-corrected chi connectivity index (χ3v) is 8.21. The average Bonchev–Trinajstić information content (AvgIpc) is 3.20. The number of amides is 1. The molecule has 0 spiro atoms. The highest BCUT2D eigenvalue weighted by molar-refractivity contribution is 7.93. The number of anilines is 1. The Balaban J connectivity index is 1.98. The van der Waals surface area contributed by atoms with Gasteiger partial charge in [0.05, 0.1) is 31.8 Å². The number of nitrogens with one attached hydrogen (secondary N) is 2. The van der Waals surface area contributed by atoms with Crippen LogP contribution in [0, 0.1) is 10.7 Å². The maximum absolute atomic E-state index is 13.7. The molecular formula is C23H31N3O6S2. The molecule has 0 aromatic heterocycles. The maximum Gasteiger partial charge on any atom is 0.407 e. The van der Waals surface area contributed by atoms with Crippen LogP contribution in [-0.2, 0) is 30.9 Å². The van der Waals surface area contributed by atoms with Crippen LogP contribution in [0.5, 0.6) is 5.75 Å². The first-order valence-electron chi connectivity index (χ1n) is 11.0. The van der Waals surface area contributed by atoms with Crippen molar-refractivity contribution < 1.29 is 26.9 Å². The molecule has 0 saturated carbocycles. The number of hydrogen-bond acceptors (Lipinski definition) is 7. The molecule has 3 rings (SSSR count). The zero-order chi connectivity index (χ0) is 25.1. The molecule has 9 nitrogen and oxygen atoms in total. The largest absolute Gasteiger partial charge is 0.488 e. The van der Waals surface area contributed by atoms with Crippen molar-refractivity contribution in [2.45, 2.75) is 43.1 Å². The van der Waals surface area contributed by atoms with Gasteiger partial charge in [0.25, 0.3) is 10.0 Å². The molecule has 1 saturated heterocycles. The van der Waals surface area contributed by atoms with Gasteiger partial charge in [0, 0.05) is 12.8 Å².